The Labute approximate surface area is 361 Å². The molecule has 61 heavy (non-hydrogen) atoms. The maximum atomic E-state index is 2.70. The van der Waals surface area contributed by atoms with Crippen LogP contribution >= 0.6 is 11.3 Å². The van der Waals surface area contributed by atoms with E-state index in [2.05, 4.69) is 213 Å². The molecule has 0 saturated carbocycles. The van der Waals surface area contributed by atoms with E-state index in [1.807, 2.05) is 11.3 Å². The average molecular weight is 797 g/mol. The molecule has 2 aliphatic heterocycles. The van der Waals surface area contributed by atoms with Crippen molar-refractivity contribution in [2.24, 2.45) is 0 Å². The normalized spacial score (nSPS) is 14.3. The molecule has 9 aromatic carbocycles. The van der Waals surface area contributed by atoms with Crippen molar-refractivity contribution in [3.63, 3.8) is 0 Å². The first kappa shape index (κ1) is 34.9. The smallest absolute Gasteiger partial charge is 0.333 e. The van der Waals surface area contributed by atoms with Gasteiger partial charge in [0, 0.05) is 59.6 Å². The van der Waals surface area contributed by atoms with Crippen LogP contribution in [0, 0.1) is 13.8 Å². The monoisotopic (exact) mass is 796 g/mol. The molecule has 0 radical (unpaired) electrons. The summed E-state index contributed by atoms with van der Waals surface area (Å²) < 4.78 is 2.63. The lowest BCUT2D eigenvalue weighted by Crippen LogP contribution is -2.61. The Bertz CT molecular complexity index is 3510. The number of anilines is 5. The third kappa shape index (κ3) is 4.85. The van der Waals surface area contributed by atoms with Gasteiger partial charge in [-0.25, -0.2) is 0 Å². The lowest BCUT2D eigenvalue weighted by molar-refractivity contribution is 0.660. The highest BCUT2D eigenvalue weighted by molar-refractivity contribution is 7.26. The molecule has 13 rings (SSSR count). The fraction of sp³-hybridized carbons (Fsp3) is 0.0877. The first-order chi connectivity index (χ1) is 29.8. The lowest BCUT2D eigenvalue weighted by Gasteiger charge is -2.46. The number of aryl methyl sites for hydroxylation is 2. The van der Waals surface area contributed by atoms with Crippen molar-refractivity contribution in [1.82, 2.24) is 0 Å². The largest absolute Gasteiger partial charge is 0.376 e. The van der Waals surface area contributed by atoms with E-state index in [0.29, 0.717) is 0 Å². The minimum Gasteiger partial charge on any atom is -0.376 e. The molecule has 0 bridgehead atoms. The predicted molar refractivity (Wildman–Crippen MR) is 263 cm³/mol. The van der Waals surface area contributed by atoms with Gasteiger partial charge in [-0.3, -0.25) is 0 Å². The highest BCUT2D eigenvalue weighted by Gasteiger charge is 2.47. The summed E-state index contributed by atoms with van der Waals surface area (Å²) in [7, 11) is 0. The Hall–Kier alpha value is -6.88. The molecule has 0 N–H and O–H groups in total. The molecule has 0 amide bonds. The van der Waals surface area contributed by atoms with E-state index in [1.165, 1.54) is 126 Å². The Morgan fingerprint density at radius 3 is 2.11 bits per heavy atom. The molecule has 1 aliphatic carbocycles. The Morgan fingerprint density at radius 2 is 1.25 bits per heavy atom. The third-order valence-electron chi connectivity index (χ3n) is 14.0. The summed E-state index contributed by atoms with van der Waals surface area (Å²) in [5.74, 6) is 0. The summed E-state index contributed by atoms with van der Waals surface area (Å²) in [6.07, 6.45) is 0. The van der Waals surface area contributed by atoms with Crippen LogP contribution in [0.5, 0.6) is 0 Å². The zero-order valence-corrected chi connectivity index (χ0v) is 35.4. The summed E-state index contributed by atoms with van der Waals surface area (Å²) in [5, 5.41) is 5.18. The molecule has 3 aliphatic rings. The molecule has 4 heteroatoms. The molecule has 0 saturated heterocycles. The van der Waals surface area contributed by atoms with Gasteiger partial charge in [-0.05, 0) is 134 Å². The van der Waals surface area contributed by atoms with Crippen molar-refractivity contribution in [1.29, 1.82) is 0 Å². The van der Waals surface area contributed by atoms with E-state index in [1.54, 1.807) is 0 Å². The van der Waals surface area contributed by atoms with E-state index in [0.717, 1.165) is 0 Å². The first-order valence-electron chi connectivity index (χ1n) is 21.5. The van der Waals surface area contributed by atoms with Crippen LogP contribution in [0.3, 0.4) is 0 Å². The Kier molecular flexibility index (Phi) is 7.20. The topological polar surface area (TPSA) is 6.48 Å². The van der Waals surface area contributed by atoms with Gasteiger partial charge < -0.3 is 9.71 Å². The van der Waals surface area contributed by atoms with Gasteiger partial charge in [0.05, 0.1) is 0 Å². The van der Waals surface area contributed by atoms with Gasteiger partial charge in [0.2, 0.25) is 0 Å². The lowest BCUT2D eigenvalue weighted by atomic mass is 9.43. The van der Waals surface area contributed by atoms with E-state index in [4.69, 9.17) is 0 Å². The van der Waals surface area contributed by atoms with E-state index >= 15 is 0 Å². The molecule has 10 aromatic rings. The van der Waals surface area contributed by atoms with Crippen LogP contribution in [-0.2, 0) is 5.41 Å². The fourth-order valence-corrected chi connectivity index (χ4v) is 12.3. The average Bonchev–Trinajstić information content (AvgIpc) is 3.76. The van der Waals surface area contributed by atoms with Gasteiger partial charge in [-0.15, -0.1) is 11.3 Å². The number of benzene rings is 9. The number of nitrogens with zero attached hydrogens (tertiary/aromatic N) is 2. The number of fused-ring (bicyclic) bond motifs is 12. The molecule has 0 fully saturated rings. The van der Waals surface area contributed by atoms with Crippen molar-refractivity contribution in [3.8, 4) is 33.4 Å². The molecule has 0 atom stereocenters. The summed E-state index contributed by atoms with van der Waals surface area (Å²) >= 11 is 1.90. The maximum Gasteiger partial charge on any atom is 0.333 e. The van der Waals surface area contributed by atoms with Crippen molar-refractivity contribution in [3.05, 3.63) is 198 Å². The van der Waals surface area contributed by atoms with Gasteiger partial charge >= 0.3 is 6.85 Å². The van der Waals surface area contributed by atoms with Crippen LogP contribution in [0.15, 0.2) is 176 Å². The van der Waals surface area contributed by atoms with Gasteiger partial charge in [0.15, 0.2) is 0 Å². The van der Waals surface area contributed by atoms with Crippen LogP contribution in [0.25, 0.3) is 64.3 Å². The van der Waals surface area contributed by atoms with Gasteiger partial charge in [-0.1, -0.05) is 141 Å². The molecule has 3 heterocycles. The van der Waals surface area contributed by atoms with Gasteiger partial charge in [0.25, 0.3) is 0 Å². The molecule has 288 valence electrons. The Morgan fingerprint density at radius 1 is 0.492 bits per heavy atom. The minimum absolute atomic E-state index is 0.0811. The van der Waals surface area contributed by atoms with E-state index in [9.17, 15) is 0 Å². The van der Waals surface area contributed by atoms with Crippen molar-refractivity contribution in [2.75, 3.05) is 9.71 Å². The molecular weight excluding hydrogens is 756 g/mol. The minimum atomic E-state index is -0.128. The second-order valence-corrected chi connectivity index (χ2v) is 18.9. The first-order valence-corrected chi connectivity index (χ1v) is 22.3. The van der Waals surface area contributed by atoms with Crippen molar-refractivity contribution >= 4 is 88.5 Å². The van der Waals surface area contributed by atoms with Crippen LogP contribution in [0.1, 0.15) is 36.1 Å². The molecular formula is C57H41BN2S. The number of hydrogen-bond acceptors (Lipinski definition) is 3. The molecule has 2 nitrogen and oxygen atoms in total. The summed E-state index contributed by atoms with van der Waals surface area (Å²) in [6.45, 7) is 9.27. The van der Waals surface area contributed by atoms with E-state index in [-0.39, 0.29) is 12.3 Å². The van der Waals surface area contributed by atoms with Crippen molar-refractivity contribution in [2.45, 2.75) is 33.1 Å². The van der Waals surface area contributed by atoms with Crippen LogP contribution in [0.2, 0.25) is 0 Å². The Balaban J connectivity index is 1.14. The third-order valence-corrected chi connectivity index (χ3v) is 15.1. The molecule has 0 unspecified atom stereocenters. The number of thiophene rings is 1. The zero-order valence-electron chi connectivity index (χ0n) is 34.6. The number of rotatable bonds is 3. The second kappa shape index (κ2) is 12.6. The highest BCUT2D eigenvalue weighted by atomic mass is 32.1. The predicted octanol–water partition coefficient (Wildman–Crippen LogP) is 14.5. The van der Waals surface area contributed by atoms with Gasteiger partial charge in [-0.2, -0.15) is 0 Å². The van der Waals surface area contributed by atoms with Crippen LogP contribution in [0.4, 0.5) is 28.4 Å². The van der Waals surface area contributed by atoms with Crippen LogP contribution in [-0.4, -0.2) is 6.85 Å². The highest BCUT2D eigenvalue weighted by Crippen LogP contribution is 2.54. The summed E-state index contributed by atoms with van der Waals surface area (Å²) in [4.78, 5) is 5.30. The summed E-state index contributed by atoms with van der Waals surface area (Å²) in [6, 6.07) is 66.7. The zero-order chi connectivity index (χ0) is 40.7. The van der Waals surface area contributed by atoms with E-state index < -0.39 is 0 Å². The maximum absolute atomic E-state index is 2.70. The molecule has 0 spiro atoms. The second-order valence-electron chi connectivity index (χ2n) is 17.8. The fourth-order valence-electron chi connectivity index (χ4n) is 11.2. The summed E-state index contributed by atoms with van der Waals surface area (Å²) in [5.41, 5.74) is 21.8. The van der Waals surface area contributed by atoms with Crippen molar-refractivity contribution < 1.29 is 0 Å². The standard InChI is InChI=1S/C57H41BN2S/c1-34-28-45-55-40-17-9-8-16-37(40)22-27-50(55)60(39-24-25-42-41-18-10-12-20-46(41)57(3,4)47(42)31-39)58-48-32-44-43-19-11-13-21-53(43)61-54(44)33-51(48)59(52(29-34)56(45)58)49-26-23-38(30-35(49)2)36-14-6-5-7-15-36/h5-33H,1-4H3. The van der Waals surface area contributed by atoms with Crippen LogP contribution < -0.4 is 20.6 Å². The molecule has 1 aromatic heterocycles. The number of hydrogen-bond donors (Lipinski definition) is 0. The quantitative estimate of drug-likeness (QED) is 0.164. The van der Waals surface area contributed by atoms with Gasteiger partial charge in [0.1, 0.15) is 0 Å². The SMILES string of the molecule is Cc1cc2c3c(c1)N(c1ccc(-c4ccccc4)cc1C)c1cc4sc5ccccc5c4cc1B3N(c1ccc3c(c1)C(C)(C)c1ccccc1-3)c1ccc3ccccc3c1-2.